The van der Waals surface area contributed by atoms with Crippen molar-refractivity contribution in [3.8, 4) is 0 Å². The van der Waals surface area contributed by atoms with Crippen LogP contribution in [0.4, 0.5) is 5.82 Å². The van der Waals surface area contributed by atoms with Crippen molar-refractivity contribution in [3.05, 3.63) is 59.2 Å². The van der Waals surface area contributed by atoms with E-state index in [1.807, 2.05) is 0 Å². The Morgan fingerprint density at radius 2 is 1.88 bits per heavy atom. The number of aromatic nitrogens is 2. The molecular formula is C21H24N4S. The monoisotopic (exact) mass is 364 g/mol. The lowest BCUT2D eigenvalue weighted by Gasteiger charge is -2.35. The van der Waals surface area contributed by atoms with E-state index in [1.165, 1.54) is 15.8 Å². The van der Waals surface area contributed by atoms with Crippen molar-refractivity contribution in [1.82, 2.24) is 14.9 Å². The van der Waals surface area contributed by atoms with E-state index >= 15 is 0 Å². The van der Waals surface area contributed by atoms with Gasteiger partial charge in [0.25, 0.3) is 0 Å². The highest BCUT2D eigenvalue weighted by molar-refractivity contribution is 7.18. The average molecular weight is 365 g/mol. The molecule has 1 aliphatic rings. The topological polar surface area (TPSA) is 32.3 Å². The Balaban J connectivity index is 1.38. The van der Waals surface area contributed by atoms with Gasteiger partial charge in [0.15, 0.2) is 0 Å². The molecule has 0 atom stereocenters. The molecule has 3 aromatic rings. The Morgan fingerprint density at radius 3 is 2.65 bits per heavy atom. The van der Waals surface area contributed by atoms with Gasteiger partial charge in [-0.1, -0.05) is 49.4 Å². The third-order valence-corrected chi connectivity index (χ3v) is 6.04. The molecule has 2 aromatic heterocycles. The van der Waals surface area contributed by atoms with Gasteiger partial charge in [0.1, 0.15) is 17.0 Å². The Morgan fingerprint density at radius 1 is 1.08 bits per heavy atom. The molecule has 0 radical (unpaired) electrons. The Bertz CT molecular complexity index is 879. The standard InChI is InChI=1S/C21H24N4S/c1-2-18-15-19-20(22-16-23-21(19)26-18)25-13-11-24(12-14-25)10-6-9-17-7-4-3-5-8-17/h3-9,15-16H,2,10-14H2,1H3/b9-6-. The molecule has 3 heterocycles. The summed E-state index contributed by atoms with van der Waals surface area (Å²) in [5, 5.41) is 1.21. The smallest absolute Gasteiger partial charge is 0.140 e. The number of rotatable bonds is 5. The van der Waals surface area contributed by atoms with Crippen LogP contribution in [0.2, 0.25) is 0 Å². The van der Waals surface area contributed by atoms with Crippen LogP contribution in [0, 0.1) is 0 Å². The van der Waals surface area contributed by atoms with Crippen molar-refractivity contribution >= 4 is 33.4 Å². The highest BCUT2D eigenvalue weighted by Crippen LogP contribution is 2.30. The van der Waals surface area contributed by atoms with Gasteiger partial charge in [-0.2, -0.15) is 0 Å². The third kappa shape index (κ3) is 3.79. The largest absolute Gasteiger partial charge is 0.353 e. The van der Waals surface area contributed by atoms with Gasteiger partial charge in [-0.15, -0.1) is 11.3 Å². The predicted molar refractivity (Wildman–Crippen MR) is 111 cm³/mol. The van der Waals surface area contributed by atoms with Crippen LogP contribution < -0.4 is 4.90 Å². The third-order valence-electron chi connectivity index (χ3n) is 4.85. The molecule has 4 nitrogen and oxygen atoms in total. The summed E-state index contributed by atoms with van der Waals surface area (Å²) in [5.74, 6) is 1.10. The quantitative estimate of drug-likeness (QED) is 0.683. The number of aryl methyl sites for hydroxylation is 1. The van der Waals surface area contributed by atoms with E-state index in [9.17, 15) is 0 Å². The van der Waals surface area contributed by atoms with Crippen molar-refractivity contribution in [2.45, 2.75) is 13.3 Å². The Hall–Kier alpha value is -2.24. The van der Waals surface area contributed by atoms with Crippen molar-refractivity contribution in [2.24, 2.45) is 0 Å². The maximum atomic E-state index is 4.59. The van der Waals surface area contributed by atoms with Crippen LogP contribution >= 0.6 is 11.3 Å². The SMILES string of the molecule is CCc1cc2c(N3CCN(C/C=C\c4ccccc4)CC3)ncnc2s1. The summed E-state index contributed by atoms with van der Waals surface area (Å²) in [6.45, 7) is 7.36. The van der Waals surface area contributed by atoms with E-state index in [-0.39, 0.29) is 0 Å². The fourth-order valence-corrected chi connectivity index (χ4v) is 4.29. The van der Waals surface area contributed by atoms with Crippen LogP contribution in [-0.4, -0.2) is 47.6 Å². The van der Waals surface area contributed by atoms with Gasteiger partial charge in [-0.25, -0.2) is 9.97 Å². The van der Waals surface area contributed by atoms with Gasteiger partial charge >= 0.3 is 0 Å². The Labute approximate surface area is 158 Å². The number of benzene rings is 1. The van der Waals surface area contributed by atoms with Crippen molar-refractivity contribution in [2.75, 3.05) is 37.6 Å². The van der Waals surface area contributed by atoms with E-state index in [0.717, 1.165) is 49.8 Å². The minimum Gasteiger partial charge on any atom is -0.353 e. The van der Waals surface area contributed by atoms with Gasteiger partial charge in [0, 0.05) is 37.6 Å². The fraction of sp³-hybridized carbons (Fsp3) is 0.333. The van der Waals surface area contributed by atoms with Gasteiger partial charge < -0.3 is 4.90 Å². The van der Waals surface area contributed by atoms with Crippen molar-refractivity contribution in [3.63, 3.8) is 0 Å². The summed E-state index contributed by atoms with van der Waals surface area (Å²) in [6.07, 6.45) is 7.24. The van der Waals surface area contributed by atoms with Gasteiger partial charge in [-0.05, 0) is 18.1 Å². The molecule has 0 N–H and O–H groups in total. The molecule has 1 aromatic carbocycles. The van der Waals surface area contributed by atoms with E-state index in [0.29, 0.717) is 0 Å². The molecule has 1 fully saturated rings. The van der Waals surface area contributed by atoms with Crippen molar-refractivity contribution < 1.29 is 0 Å². The minimum absolute atomic E-state index is 1.00. The molecule has 0 aliphatic carbocycles. The first-order chi connectivity index (χ1) is 12.8. The van der Waals surface area contributed by atoms with Crippen LogP contribution in [-0.2, 0) is 6.42 Å². The lowest BCUT2D eigenvalue weighted by molar-refractivity contribution is 0.284. The Kier molecular flexibility index (Phi) is 5.27. The summed E-state index contributed by atoms with van der Waals surface area (Å²) in [6, 6.07) is 12.8. The van der Waals surface area contributed by atoms with Crippen LogP contribution in [0.25, 0.3) is 16.3 Å². The second kappa shape index (κ2) is 7.98. The zero-order valence-corrected chi connectivity index (χ0v) is 16.0. The lowest BCUT2D eigenvalue weighted by Crippen LogP contribution is -2.46. The normalized spacial score (nSPS) is 16.0. The van der Waals surface area contributed by atoms with Crippen LogP contribution in [0.1, 0.15) is 17.4 Å². The van der Waals surface area contributed by atoms with Crippen LogP contribution in [0.15, 0.2) is 48.8 Å². The molecule has 0 bridgehead atoms. The molecule has 134 valence electrons. The van der Waals surface area contributed by atoms with E-state index in [4.69, 9.17) is 0 Å². The average Bonchev–Trinajstić information content (AvgIpc) is 3.13. The molecule has 5 heteroatoms. The van der Waals surface area contributed by atoms with Gasteiger partial charge in [0.05, 0.1) is 5.39 Å². The number of thiophene rings is 1. The first-order valence-corrected chi connectivity index (χ1v) is 10.1. The lowest BCUT2D eigenvalue weighted by atomic mass is 10.2. The van der Waals surface area contributed by atoms with Crippen molar-refractivity contribution in [1.29, 1.82) is 0 Å². The minimum atomic E-state index is 1.00. The summed E-state index contributed by atoms with van der Waals surface area (Å²) in [4.78, 5) is 16.4. The maximum absolute atomic E-state index is 4.59. The van der Waals surface area contributed by atoms with E-state index < -0.39 is 0 Å². The molecule has 0 unspecified atom stereocenters. The highest BCUT2D eigenvalue weighted by atomic mass is 32.1. The zero-order chi connectivity index (χ0) is 17.8. The number of nitrogens with zero attached hydrogens (tertiary/aromatic N) is 4. The summed E-state index contributed by atoms with van der Waals surface area (Å²) in [5.41, 5.74) is 1.26. The first-order valence-electron chi connectivity index (χ1n) is 9.26. The summed E-state index contributed by atoms with van der Waals surface area (Å²) in [7, 11) is 0. The summed E-state index contributed by atoms with van der Waals surface area (Å²) >= 11 is 1.79. The zero-order valence-electron chi connectivity index (χ0n) is 15.1. The highest BCUT2D eigenvalue weighted by Gasteiger charge is 2.20. The van der Waals surface area contributed by atoms with Gasteiger partial charge in [-0.3, -0.25) is 4.90 Å². The first kappa shape index (κ1) is 17.2. The molecule has 1 saturated heterocycles. The maximum Gasteiger partial charge on any atom is 0.140 e. The van der Waals surface area contributed by atoms with Crippen LogP contribution in [0.3, 0.4) is 0 Å². The number of hydrogen-bond donors (Lipinski definition) is 0. The number of piperazine rings is 1. The molecule has 26 heavy (non-hydrogen) atoms. The number of fused-ring (bicyclic) bond motifs is 1. The molecule has 0 amide bonds. The fourth-order valence-electron chi connectivity index (χ4n) is 3.36. The predicted octanol–water partition coefficient (Wildman–Crippen LogP) is 4.09. The number of anilines is 1. The summed E-state index contributed by atoms with van der Waals surface area (Å²) < 4.78 is 0. The molecule has 0 saturated carbocycles. The van der Waals surface area contributed by atoms with Crippen LogP contribution in [0.5, 0.6) is 0 Å². The molecule has 0 spiro atoms. The van der Waals surface area contributed by atoms with E-state index in [1.54, 1.807) is 17.7 Å². The molecule has 4 rings (SSSR count). The molecule has 1 aliphatic heterocycles. The van der Waals surface area contributed by atoms with Gasteiger partial charge in [0.2, 0.25) is 0 Å². The van der Waals surface area contributed by atoms with E-state index in [2.05, 4.69) is 75.2 Å². The second-order valence-electron chi connectivity index (χ2n) is 6.58. The molecular weight excluding hydrogens is 340 g/mol. The number of hydrogen-bond acceptors (Lipinski definition) is 5. The second-order valence-corrected chi connectivity index (χ2v) is 7.70.